The van der Waals surface area contributed by atoms with Crippen LogP contribution in [-0.2, 0) is 19.1 Å². The molecule has 0 heterocycles. The summed E-state index contributed by atoms with van der Waals surface area (Å²) in [6.45, 7) is 0. The third-order valence-corrected chi connectivity index (χ3v) is 1.93. The van der Waals surface area contributed by atoms with Gasteiger partial charge in [-0.2, -0.15) is 8.78 Å². The van der Waals surface area contributed by atoms with Crippen LogP contribution in [0.1, 0.15) is 0 Å². The molecule has 0 aliphatic rings. The van der Waals surface area contributed by atoms with Crippen LogP contribution in [0.2, 0.25) is 0 Å². The highest BCUT2D eigenvalue weighted by Crippen LogP contribution is 2.29. The van der Waals surface area contributed by atoms with Gasteiger partial charge in [0, 0.05) is 0 Å². The average Bonchev–Trinajstić information content (AvgIpc) is 2.12. The van der Waals surface area contributed by atoms with E-state index in [1.165, 1.54) is 0 Å². The second-order valence-corrected chi connectivity index (χ2v) is 2.96. The maximum absolute atomic E-state index is 12.6. The average molecular weight is 214 g/mol. The van der Waals surface area contributed by atoms with Crippen molar-refractivity contribution < 1.29 is 27.8 Å². The lowest BCUT2D eigenvalue weighted by molar-refractivity contribution is -0.156. The van der Waals surface area contributed by atoms with E-state index in [-0.39, 0.29) is 11.8 Å². The summed E-state index contributed by atoms with van der Waals surface area (Å²) in [5.41, 5.74) is 0. The minimum absolute atomic E-state index is 0.138. The molecule has 0 spiro atoms. The van der Waals surface area contributed by atoms with E-state index in [1.54, 1.807) is 0 Å². The molecular weight excluding hydrogens is 206 g/mol. The largest absolute Gasteiger partial charge is 0.468 e. The van der Waals surface area contributed by atoms with E-state index in [0.29, 0.717) is 0 Å². The lowest BCUT2D eigenvalue weighted by atomic mass is 10.7. The smallest absolute Gasteiger partial charge is 0.389 e. The Balaban J connectivity index is 4.03. The molecule has 0 unspecified atom stereocenters. The van der Waals surface area contributed by atoms with E-state index < -0.39 is 22.9 Å². The van der Waals surface area contributed by atoms with Crippen LogP contribution in [0.25, 0.3) is 0 Å². The number of hydrogen-bond donors (Lipinski definition) is 0. The first kappa shape index (κ1) is 12.2. The van der Waals surface area contributed by atoms with Gasteiger partial charge in [-0.25, -0.2) is 4.79 Å². The van der Waals surface area contributed by atoms with Crippen molar-refractivity contribution in [2.75, 3.05) is 20.0 Å². The number of methoxy groups -OCH3 is 2. The molecule has 0 N–H and O–H groups in total. The predicted octanol–water partition coefficient (Wildman–Crippen LogP) is 0.658. The molecule has 0 fully saturated rings. The van der Waals surface area contributed by atoms with Crippen LogP contribution < -0.4 is 0 Å². The van der Waals surface area contributed by atoms with Gasteiger partial charge >= 0.3 is 17.2 Å². The summed E-state index contributed by atoms with van der Waals surface area (Å²) in [6, 6.07) is 0. The van der Waals surface area contributed by atoms with Crippen LogP contribution >= 0.6 is 11.8 Å². The maximum Gasteiger partial charge on any atom is 0.389 e. The molecule has 0 aliphatic heterocycles. The standard InChI is InChI=1S/C6H8F2O4S/c1-11-4(9)3-13-6(7,8)5(10)12-2/h3H2,1-2H3. The molecule has 0 radical (unpaired) electrons. The number of alkyl halides is 2. The minimum Gasteiger partial charge on any atom is -0.468 e. The molecule has 0 bridgehead atoms. The molecule has 0 rings (SSSR count). The number of carbonyl (C=O) groups excluding carboxylic acids is 2. The Bertz CT molecular complexity index is 207. The summed E-state index contributed by atoms with van der Waals surface area (Å²) in [6.07, 6.45) is 0. The minimum atomic E-state index is -3.71. The van der Waals surface area contributed by atoms with Gasteiger partial charge in [-0.05, 0) is 0 Å². The van der Waals surface area contributed by atoms with Gasteiger partial charge in [0.25, 0.3) is 0 Å². The second kappa shape index (κ2) is 5.00. The molecular formula is C6H8F2O4S. The van der Waals surface area contributed by atoms with E-state index in [9.17, 15) is 18.4 Å². The zero-order valence-corrected chi connectivity index (χ0v) is 7.82. The number of esters is 2. The molecule has 13 heavy (non-hydrogen) atoms. The van der Waals surface area contributed by atoms with Crippen LogP contribution in [0, 0.1) is 0 Å². The van der Waals surface area contributed by atoms with Gasteiger partial charge in [-0.1, -0.05) is 11.8 Å². The van der Waals surface area contributed by atoms with Crippen LogP contribution in [0.4, 0.5) is 8.78 Å². The van der Waals surface area contributed by atoms with Crippen LogP contribution in [0.3, 0.4) is 0 Å². The highest BCUT2D eigenvalue weighted by atomic mass is 32.2. The van der Waals surface area contributed by atoms with Gasteiger partial charge in [0.05, 0.1) is 20.0 Å². The van der Waals surface area contributed by atoms with Crippen LogP contribution in [-0.4, -0.2) is 37.2 Å². The monoisotopic (exact) mass is 214 g/mol. The van der Waals surface area contributed by atoms with Crippen molar-refractivity contribution in [3.63, 3.8) is 0 Å². The number of hydrogen-bond acceptors (Lipinski definition) is 5. The molecule has 0 amide bonds. The maximum atomic E-state index is 12.6. The van der Waals surface area contributed by atoms with Crippen molar-refractivity contribution in [1.82, 2.24) is 0 Å². The highest BCUT2D eigenvalue weighted by molar-refractivity contribution is 8.01. The van der Waals surface area contributed by atoms with Crippen molar-refractivity contribution in [3.8, 4) is 0 Å². The van der Waals surface area contributed by atoms with Gasteiger partial charge in [0.1, 0.15) is 0 Å². The number of halogens is 2. The number of carbonyl (C=O) groups is 2. The lowest BCUT2D eigenvalue weighted by Gasteiger charge is -2.11. The molecule has 0 aromatic heterocycles. The van der Waals surface area contributed by atoms with E-state index in [2.05, 4.69) is 9.47 Å². The van der Waals surface area contributed by atoms with E-state index in [1.807, 2.05) is 0 Å². The third-order valence-electron chi connectivity index (χ3n) is 1.02. The zero-order valence-electron chi connectivity index (χ0n) is 7.00. The molecule has 7 heteroatoms. The summed E-state index contributed by atoms with van der Waals surface area (Å²) < 4.78 is 33.1. The SMILES string of the molecule is COC(=O)CSC(F)(F)C(=O)OC. The Kier molecular flexibility index (Phi) is 4.68. The Morgan fingerprint density at radius 3 is 2.23 bits per heavy atom. The number of rotatable bonds is 4. The van der Waals surface area contributed by atoms with E-state index in [4.69, 9.17) is 0 Å². The van der Waals surface area contributed by atoms with Crippen LogP contribution in [0.15, 0.2) is 0 Å². The zero-order chi connectivity index (χ0) is 10.5. The predicted molar refractivity (Wildman–Crippen MR) is 41.4 cm³/mol. The Labute approximate surface area is 77.6 Å². The summed E-state index contributed by atoms with van der Waals surface area (Å²) in [5.74, 6) is -3.10. The molecule has 0 saturated heterocycles. The van der Waals surface area contributed by atoms with Crippen molar-refractivity contribution in [2.45, 2.75) is 5.25 Å². The first-order valence-corrected chi connectivity index (χ1v) is 4.09. The van der Waals surface area contributed by atoms with Gasteiger partial charge < -0.3 is 9.47 Å². The Morgan fingerprint density at radius 2 is 1.85 bits per heavy atom. The van der Waals surface area contributed by atoms with Gasteiger partial charge in [-0.15, -0.1) is 0 Å². The first-order chi connectivity index (χ1) is 5.94. The van der Waals surface area contributed by atoms with Crippen molar-refractivity contribution in [1.29, 1.82) is 0 Å². The fourth-order valence-corrected chi connectivity index (χ4v) is 1.00. The van der Waals surface area contributed by atoms with Gasteiger partial charge in [0.15, 0.2) is 0 Å². The summed E-state index contributed by atoms with van der Waals surface area (Å²) in [7, 11) is 1.91. The molecule has 0 aromatic carbocycles. The van der Waals surface area contributed by atoms with Crippen molar-refractivity contribution >= 4 is 23.7 Å². The molecule has 4 nitrogen and oxygen atoms in total. The normalized spacial score (nSPS) is 10.8. The topological polar surface area (TPSA) is 52.6 Å². The van der Waals surface area contributed by atoms with Crippen molar-refractivity contribution in [3.05, 3.63) is 0 Å². The Morgan fingerprint density at radius 1 is 1.31 bits per heavy atom. The summed E-state index contributed by atoms with van der Waals surface area (Å²) in [5, 5.41) is -3.71. The number of ether oxygens (including phenoxy) is 2. The fourth-order valence-electron chi connectivity index (χ4n) is 0.386. The second-order valence-electron chi connectivity index (χ2n) is 1.87. The quantitative estimate of drug-likeness (QED) is 0.643. The van der Waals surface area contributed by atoms with E-state index >= 15 is 0 Å². The first-order valence-electron chi connectivity index (χ1n) is 3.11. The molecule has 0 aromatic rings. The summed E-state index contributed by atoms with van der Waals surface area (Å²) in [4.78, 5) is 20.8. The molecule has 76 valence electrons. The molecule has 0 saturated carbocycles. The molecule has 0 aliphatic carbocycles. The fraction of sp³-hybridized carbons (Fsp3) is 0.667. The van der Waals surface area contributed by atoms with Gasteiger partial charge in [-0.3, -0.25) is 4.79 Å². The van der Waals surface area contributed by atoms with Crippen molar-refractivity contribution in [2.24, 2.45) is 0 Å². The van der Waals surface area contributed by atoms with E-state index in [0.717, 1.165) is 14.2 Å². The Hall–Kier alpha value is -0.850. The highest BCUT2D eigenvalue weighted by Gasteiger charge is 2.41. The number of thioether (sulfide) groups is 1. The van der Waals surface area contributed by atoms with Crippen LogP contribution in [0.5, 0.6) is 0 Å². The van der Waals surface area contributed by atoms with Gasteiger partial charge in [0.2, 0.25) is 0 Å². The lowest BCUT2D eigenvalue weighted by Crippen LogP contribution is -2.27. The third kappa shape index (κ3) is 4.07. The summed E-state index contributed by atoms with van der Waals surface area (Å²) >= 11 is -0.138. The molecule has 0 atom stereocenters.